The van der Waals surface area contributed by atoms with Crippen LogP contribution in [0.3, 0.4) is 0 Å². The van der Waals surface area contributed by atoms with Crippen LogP contribution in [-0.2, 0) is 14.6 Å². The fraction of sp³-hybridized carbons (Fsp3) is 0.947. The fourth-order valence-electron chi connectivity index (χ4n) is 3.94. The second-order valence-electron chi connectivity index (χ2n) is 7.77. The van der Waals surface area contributed by atoms with Gasteiger partial charge < -0.3 is 15.4 Å². The normalized spacial score (nSPS) is 22.7. The Bertz CT molecular complexity index is 545. The van der Waals surface area contributed by atoms with E-state index in [0.717, 1.165) is 51.8 Å². The molecule has 0 aromatic carbocycles. The summed E-state index contributed by atoms with van der Waals surface area (Å²) in [5.74, 6) is 1.43. The maximum Gasteiger partial charge on any atom is 0.191 e. The molecule has 2 N–H and O–H groups in total. The number of sulfone groups is 1. The molecule has 0 amide bonds. The summed E-state index contributed by atoms with van der Waals surface area (Å²) in [5.41, 5.74) is 0.290. The van der Waals surface area contributed by atoms with Gasteiger partial charge in [-0.05, 0) is 38.5 Å². The summed E-state index contributed by atoms with van der Waals surface area (Å²) < 4.78 is 28.6. The van der Waals surface area contributed by atoms with E-state index >= 15 is 0 Å². The molecule has 2 rings (SSSR count). The average molecular weight is 403 g/mol. The lowest BCUT2D eigenvalue weighted by atomic mass is 9.83. The Labute approximate surface area is 165 Å². The van der Waals surface area contributed by atoms with Gasteiger partial charge in [-0.1, -0.05) is 12.8 Å². The highest BCUT2D eigenvalue weighted by Gasteiger charge is 2.33. The summed E-state index contributed by atoms with van der Waals surface area (Å²) in [6.45, 7) is 10.3. The molecule has 0 atom stereocenters. The van der Waals surface area contributed by atoms with E-state index in [1.165, 1.54) is 25.7 Å². The van der Waals surface area contributed by atoms with Gasteiger partial charge in [0.25, 0.3) is 0 Å². The van der Waals surface area contributed by atoms with Crippen LogP contribution < -0.4 is 10.6 Å². The summed E-state index contributed by atoms with van der Waals surface area (Å²) in [7, 11) is -2.81. The van der Waals surface area contributed by atoms with E-state index in [-0.39, 0.29) is 11.5 Å². The zero-order valence-electron chi connectivity index (χ0n) is 17.1. The Morgan fingerprint density at radius 3 is 2.48 bits per heavy atom. The van der Waals surface area contributed by atoms with Crippen LogP contribution in [0.1, 0.15) is 46.0 Å². The minimum absolute atomic E-state index is 0.281. The van der Waals surface area contributed by atoms with Gasteiger partial charge in [-0.3, -0.25) is 9.89 Å². The molecule has 8 heteroatoms. The number of hydrogen-bond acceptors (Lipinski definition) is 5. The van der Waals surface area contributed by atoms with Crippen LogP contribution in [0.5, 0.6) is 0 Å². The summed E-state index contributed by atoms with van der Waals surface area (Å²) in [4.78, 5) is 7.08. The molecule has 0 spiro atoms. The lowest BCUT2D eigenvalue weighted by Gasteiger charge is -2.28. The molecule has 0 unspecified atom stereocenters. The minimum atomic E-state index is -2.81. The van der Waals surface area contributed by atoms with Crippen LogP contribution in [-0.4, -0.2) is 83.3 Å². The summed E-state index contributed by atoms with van der Waals surface area (Å²) in [5, 5.41) is 6.75. The van der Waals surface area contributed by atoms with Crippen LogP contribution in [0, 0.1) is 5.41 Å². The quantitative estimate of drug-likeness (QED) is 0.325. The first-order valence-electron chi connectivity index (χ1n) is 10.5. The monoisotopic (exact) mass is 402 g/mol. The Morgan fingerprint density at radius 2 is 1.85 bits per heavy atom. The van der Waals surface area contributed by atoms with E-state index in [1.54, 1.807) is 0 Å². The zero-order valence-corrected chi connectivity index (χ0v) is 18.0. The molecule has 1 aliphatic heterocycles. The highest BCUT2D eigenvalue weighted by molar-refractivity contribution is 7.91. The van der Waals surface area contributed by atoms with Gasteiger partial charge in [0, 0.05) is 52.5 Å². The van der Waals surface area contributed by atoms with Crippen molar-refractivity contribution in [2.24, 2.45) is 10.4 Å². The van der Waals surface area contributed by atoms with Crippen LogP contribution in [0.15, 0.2) is 4.99 Å². The third-order valence-electron chi connectivity index (χ3n) is 5.72. The molecule has 1 aliphatic carbocycles. The van der Waals surface area contributed by atoms with Gasteiger partial charge in [0.05, 0.1) is 11.5 Å². The van der Waals surface area contributed by atoms with Gasteiger partial charge in [0.2, 0.25) is 0 Å². The first-order chi connectivity index (χ1) is 13.0. The van der Waals surface area contributed by atoms with Crippen molar-refractivity contribution >= 4 is 15.8 Å². The zero-order chi connectivity index (χ0) is 19.6. The molecule has 1 heterocycles. The Balaban J connectivity index is 1.80. The molecular formula is C19H38N4O3S. The van der Waals surface area contributed by atoms with E-state index in [0.29, 0.717) is 18.5 Å². The molecule has 1 saturated carbocycles. The predicted octanol–water partition coefficient (Wildman–Crippen LogP) is 1.26. The number of ether oxygens (including phenoxy) is 1. The smallest absolute Gasteiger partial charge is 0.191 e. The lowest BCUT2D eigenvalue weighted by Crippen LogP contribution is -2.46. The van der Waals surface area contributed by atoms with Crippen molar-refractivity contribution in [1.29, 1.82) is 0 Å². The van der Waals surface area contributed by atoms with Crippen LogP contribution >= 0.6 is 0 Å². The second-order valence-corrected chi connectivity index (χ2v) is 10.1. The van der Waals surface area contributed by atoms with Crippen molar-refractivity contribution in [2.45, 2.75) is 46.0 Å². The van der Waals surface area contributed by atoms with Crippen molar-refractivity contribution < 1.29 is 13.2 Å². The maximum absolute atomic E-state index is 11.5. The molecule has 0 aromatic heterocycles. The highest BCUT2D eigenvalue weighted by Crippen LogP contribution is 2.41. The highest BCUT2D eigenvalue weighted by atomic mass is 32.2. The number of rotatable bonds is 10. The second kappa shape index (κ2) is 11.2. The molecule has 158 valence electrons. The Kier molecular flexibility index (Phi) is 9.32. The van der Waals surface area contributed by atoms with Crippen LogP contribution in [0.25, 0.3) is 0 Å². The molecule has 7 nitrogen and oxygen atoms in total. The largest absolute Gasteiger partial charge is 0.382 e. The van der Waals surface area contributed by atoms with E-state index in [9.17, 15) is 8.42 Å². The number of nitrogens with zero attached hydrogens (tertiary/aromatic N) is 2. The van der Waals surface area contributed by atoms with E-state index in [2.05, 4.69) is 22.5 Å². The standard InChI is InChI=1S/C19H38N4O3S/c1-3-20-18(21-10-11-23-12-15-27(24,25)16-13-23)22-17-19(7-5-6-8-19)9-14-26-4-2/h3-17H2,1-2H3,(H2,20,21,22). The van der Waals surface area contributed by atoms with E-state index < -0.39 is 9.84 Å². The number of hydrogen-bond donors (Lipinski definition) is 2. The SMILES string of the molecule is CCNC(=NCC1(CCOCC)CCCC1)NCCN1CCS(=O)(=O)CC1. The van der Waals surface area contributed by atoms with Gasteiger partial charge in [0.15, 0.2) is 15.8 Å². The summed E-state index contributed by atoms with van der Waals surface area (Å²) >= 11 is 0. The number of guanidine groups is 1. The molecule has 0 radical (unpaired) electrons. The fourth-order valence-corrected chi connectivity index (χ4v) is 5.22. The van der Waals surface area contributed by atoms with Gasteiger partial charge >= 0.3 is 0 Å². The molecule has 27 heavy (non-hydrogen) atoms. The molecule has 0 bridgehead atoms. The van der Waals surface area contributed by atoms with Gasteiger partial charge in [-0.15, -0.1) is 0 Å². The van der Waals surface area contributed by atoms with Gasteiger partial charge in [0.1, 0.15) is 0 Å². The third-order valence-corrected chi connectivity index (χ3v) is 7.33. The van der Waals surface area contributed by atoms with Crippen molar-refractivity contribution in [1.82, 2.24) is 15.5 Å². The van der Waals surface area contributed by atoms with Crippen molar-refractivity contribution in [3.05, 3.63) is 0 Å². The lowest BCUT2D eigenvalue weighted by molar-refractivity contribution is 0.107. The van der Waals surface area contributed by atoms with Crippen molar-refractivity contribution in [3.8, 4) is 0 Å². The summed E-state index contributed by atoms with van der Waals surface area (Å²) in [6.07, 6.45) is 6.16. The topological polar surface area (TPSA) is 83.0 Å². The average Bonchev–Trinajstić information content (AvgIpc) is 3.10. The van der Waals surface area contributed by atoms with Crippen molar-refractivity contribution in [2.75, 3.05) is 64.0 Å². The predicted molar refractivity (Wildman–Crippen MR) is 111 cm³/mol. The molecule has 0 aromatic rings. The van der Waals surface area contributed by atoms with E-state index in [1.807, 2.05) is 6.92 Å². The van der Waals surface area contributed by atoms with Gasteiger partial charge in [-0.2, -0.15) is 0 Å². The first kappa shape index (κ1) is 22.4. The maximum atomic E-state index is 11.5. The Hall–Kier alpha value is -0.860. The molecule has 2 aliphatic rings. The van der Waals surface area contributed by atoms with E-state index in [4.69, 9.17) is 9.73 Å². The van der Waals surface area contributed by atoms with Crippen LogP contribution in [0.2, 0.25) is 0 Å². The first-order valence-corrected chi connectivity index (χ1v) is 12.3. The molecule has 2 fully saturated rings. The minimum Gasteiger partial charge on any atom is -0.382 e. The van der Waals surface area contributed by atoms with Crippen molar-refractivity contribution in [3.63, 3.8) is 0 Å². The molecule has 1 saturated heterocycles. The number of nitrogens with one attached hydrogen (secondary N) is 2. The van der Waals surface area contributed by atoms with Gasteiger partial charge in [-0.25, -0.2) is 8.42 Å². The molecular weight excluding hydrogens is 364 g/mol. The number of aliphatic imine (C=N–C) groups is 1. The third kappa shape index (κ3) is 7.95. The summed E-state index contributed by atoms with van der Waals surface area (Å²) in [6, 6.07) is 0. The van der Waals surface area contributed by atoms with Crippen LogP contribution in [0.4, 0.5) is 0 Å². The Morgan fingerprint density at radius 1 is 1.15 bits per heavy atom.